The summed E-state index contributed by atoms with van der Waals surface area (Å²) in [5, 5.41) is 2.79. The van der Waals surface area contributed by atoms with Crippen molar-refractivity contribution >= 4 is 34.4 Å². The second-order valence-corrected chi connectivity index (χ2v) is 6.38. The average Bonchev–Trinajstić information content (AvgIpc) is 3.05. The lowest BCUT2D eigenvalue weighted by atomic mass is 10.2. The molecular weight excluding hydrogens is 376 g/mol. The quantitative estimate of drug-likeness (QED) is 0.610. The Bertz CT molecular complexity index is 962. The van der Waals surface area contributed by atoms with Gasteiger partial charge in [0.05, 0.1) is 31.0 Å². The van der Waals surface area contributed by atoms with Gasteiger partial charge in [0.1, 0.15) is 0 Å². The van der Waals surface area contributed by atoms with Crippen molar-refractivity contribution in [3.8, 4) is 11.5 Å². The number of carbonyl (C=O) groups is 1. The summed E-state index contributed by atoms with van der Waals surface area (Å²) < 4.78 is 38.0. The van der Waals surface area contributed by atoms with E-state index in [1.54, 1.807) is 42.5 Å². The van der Waals surface area contributed by atoms with Crippen LogP contribution in [0.3, 0.4) is 0 Å². The van der Waals surface area contributed by atoms with Gasteiger partial charge in [0.2, 0.25) is 5.91 Å². The summed E-state index contributed by atoms with van der Waals surface area (Å²) in [5.41, 5.74) is 1.30. The number of hydrogen-bond donors (Lipinski definition) is 1. The van der Waals surface area contributed by atoms with Crippen LogP contribution in [0.25, 0.3) is 11.0 Å². The van der Waals surface area contributed by atoms with Crippen LogP contribution < -0.4 is 14.8 Å². The van der Waals surface area contributed by atoms with E-state index in [-0.39, 0.29) is 16.8 Å². The highest BCUT2D eigenvalue weighted by Gasteiger charge is 2.19. The Kier molecular flexibility index (Phi) is 5.80. The summed E-state index contributed by atoms with van der Waals surface area (Å²) in [4.78, 5) is 16.4. The number of halogens is 2. The molecule has 0 aliphatic rings. The Labute approximate surface area is 158 Å². The van der Waals surface area contributed by atoms with Crippen molar-refractivity contribution in [2.75, 3.05) is 25.3 Å². The fraction of sp³-hybridized carbons (Fsp3) is 0.222. The third-order valence-electron chi connectivity index (χ3n) is 3.76. The first-order chi connectivity index (χ1) is 13.0. The molecule has 1 N–H and O–H groups in total. The molecular formula is C18H17F2N3O3S. The van der Waals surface area contributed by atoms with Crippen LogP contribution >= 0.6 is 11.8 Å². The van der Waals surface area contributed by atoms with Crippen molar-refractivity contribution < 1.29 is 23.0 Å². The number of nitrogens with one attached hydrogen (secondary N) is 1. The molecule has 6 nitrogen and oxygen atoms in total. The average molecular weight is 393 g/mol. The number of ether oxygens (including phenoxy) is 2. The van der Waals surface area contributed by atoms with Crippen LogP contribution in [0.2, 0.25) is 0 Å². The molecule has 1 aromatic heterocycles. The predicted molar refractivity (Wildman–Crippen MR) is 99.9 cm³/mol. The zero-order chi connectivity index (χ0) is 19.4. The molecule has 142 valence electrons. The summed E-state index contributed by atoms with van der Waals surface area (Å²) in [6, 6.07) is 11.6. The van der Waals surface area contributed by atoms with Crippen molar-refractivity contribution in [1.29, 1.82) is 0 Å². The molecule has 1 heterocycles. The number of carbonyl (C=O) groups excluding carboxylic acids is 1. The smallest absolute Gasteiger partial charge is 0.321 e. The second-order valence-electron chi connectivity index (χ2n) is 5.44. The van der Waals surface area contributed by atoms with Gasteiger partial charge in [-0.15, -0.1) is 0 Å². The van der Waals surface area contributed by atoms with Crippen molar-refractivity contribution in [1.82, 2.24) is 9.55 Å². The number of methoxy groups -OCH3 is 2. The Balaban J connectivity index is 1.71. The van der Waals surface area contributed by atoms with Gasteiger partial charge in [0.15, 0.2) is 16.7 Å². The Morgan fingerprint density at radius 1 is 1.19 bits per heavy atom. The molecule has 0 aliphatic carbocycles. The molecule has 27 heavy (non-hydrogen) atoms. The van der Waals surface area contributed by atoms with E-state index in [1.165, 1.54) is 14.2 Å². The molecule has 1 amide bonds. The van der Waals surface area contributed by atoms with Gasteiger partial charge in [0, 0.05) is 11.8 Å². The Morgan fingerprint density at radius 3 is 2.63 bits per heavy atom. The first-order valence-electron chi connectivity index (χ1n) is 7.93. The topological polar surface area (TPSA) is 65.4 Å². The molecule has 0 bridgehead atoms. The SMILES string of the molecule is COc1ccc(NC(=O)CSc2nc3ccccc3n2C(F)F)cc1OC. The standard InChI is InChI=1S/C18H17F2N3O3S/c1-25-14-8-7-11(9-15(14)26-2)21-16(24)10-27-18-22-12-5-3-4-6-13(12)23(18)17(19)20/h3-9,17H,10H2,1-2H3,(H,21,24). The van der Waals surface area contributed by atoms with E-state index < -0.39 is 6.55 Å². The second kappa shape index (κ2) is 8.26. The number of nitrogens with zero attached hydrogens (tertiary/aromatic N) is 2. The molecule has 0 atom stereocenters. The molecule has 2 aromatic carbocycles. The molecule has 0 unspecified atom stereocenters. The summed E-state index contributed by atoms with van der Waals surface area (Å²) >= 11 is 0.950. The number of rotatable bonds is 7. The first kappa shape index (κ1) is 19.0. The molecule has 3 aromatic rings. The van der Waals surface area contributed by atoms with Gasteiger partial charge >= 0.3 is 6.55 Å². The molecule has 0 aliphatic heterocycles. The molecule has 0 fully saturated rings. The fourth-order valence-corrected chi connectivity index (χ4v) is 3.37. The van der Waals surface area contributed by atoms with Crippen molar-refractivity contribution in [3.05, 3.63) is 42.5 Å². The maximum absolute atomic E-state index is 13.4. The van der Waals surface area contributed by atoms with E-state index in [2.05, 4.69) is 10.3 Å². The van der Waals surface area contributed by atoms with Crippen LogP contribution in [0.15, 0.2) is 47.6 Å². The van der Waals surface area contributed by atoms with E-state index in [0.717, 1.165) is 16.3 Å². The fourth-order valence-electron chi connectivity index (χ4n) is 2.55. The minimum absolute atomic E-state index is 0.0651. The number of benzene rings is 2. The zero-order valence-electron chi connectivity index (χ0n) is 14.6. The van der Waals surface area contributed by atoms with Gasteiger partial charge in [-0.1, -0.05) is 23.9 Å². The van der Waals surface area contributed by atoms with Gasteiger partial charge < -0.3 is 14.8 Å². The molecule has 0 saturated carbocycles. The molecule has 9 heteroatoms. The van der Waals surface area contributed by atoms with Crippen LogP contribution in [-0.4, -0.2) is 35.4 Å². The van der Waals surface area contributed by atoms with E-state index >= 15 is 0 Å². The normalized spacial score (nSPS) is 11.0. The number of aromatic nitrogens is 2. The van der Waals surface area contributed by atoms with Gasteiger partial charge in [-0.25, -0.2) is 4.98 Å². The van der Waals surface area contributed by atoms with Crippen molar-refractivity contribution in [2.45, 2.75) is 11.7 Å². The van der Waals surface area contributed by atoms with Crippen molar-refractivity contribution in [2.24, 2.45) is 0 Å². The van der Waals surface area contributed by atoms with Crippen LogP contribution in [0.1, 0.15) is 6.55 Å². The lowest BCUT2D eigenvalue weighted by Crippen LogP contribution is -2.14. The number of anilines is 1. The molecule has 0 saturated heterocycles. The summed E-state index contributed by atoms with van der Waals surface area (Å²) in [6.45, 7) is -2.74. The van der Waals surface area contributed by atoms with Gasteiger partial charge in [-0.2, -0.15) is 8.78 Å². The number of para-hydroxylation sites is 2. The minimum Gasteiger partial charge on any atom is -0.493 e. The minimum atomic E-state index is -2.74. The lowest BCUT2D eigenvalue weighted by Gasteiger charge is -2.11. The first-order valence-corrected chi connectivity index (χ1v) is 8.92. The number of amides is 1. The van der Waals surface area contributed by atoms with Gasteiger partial charge in [0.25, 0.3) is 0 Å². The van der Waals surface area contributed by atoms with Gasteiger partial charge in [-0.3, -0.25) is 9.36 Å². The predicted octanol–water partition coefficient (Wildman–Crippen LogP) is 4.18. The van der Waals surface area contributed by atoms with Gasteiger partial charge in [-0.05, 0) is 24.3 Å². The lowest BCUT2D eigenvalue weighted by molar-refractivity contribution is -0.113. The Morgan fingerprint density at radius 2 is 1.93 bits per heavy atom. The summed E-state index contributed by atoms with van der Waals surface area (Å²) in [6.07, 6.45) is 0. The number of hydrogen-bond acceptors (Lipinski definition) is 5. The zero-order valence-corrected chi connectivity index (χ0v) is 15.4. The van der Waals surface area contributed by atoms with E-state index in [4.69, 9.17) is 9.47 Å². The molecule has 0 radical (unpaired) electrons. The van der Waals surface area contributed by atoms with E-state index in [9.17, 15) is 13.6 Å². The highest BCUT2D eigenvalue weighted by Crippen LogP contribution is 2.31. The Hall–Kier alpha value is -2.81. The van der Waals surface area contributed by atoms with Crippen LogP contribution in [0, 0.1) is 0 Å². The molecule has 3 rings (SSSR count). The van der Waals surface area contributed by atoms with Crippen molar-refractivity contribution in [3.63, 3.8) is 0 Å². The third kappa shape index (κ3) is 4.13. The monoisotopic (exact) mass is 393 g/mol. The number of imidazole rings is 1. The maximum atomic E-state index is 13.4. The molecule has 0 spiro atoms. The third-order valence-corrected chi connectivity index (χ3v) is 4.71. The number of alkyl halides is 2. The van der Waals surface area contributed by atoms with Crippen LogP contribution in [-0.2, 0) is 4.79 Å². The van der Waals surface area contributed by atoms with Crippen LogP contribution in [0.5, 0.6) is 11.5 Å². The number of thioether (sulfide) groups is 1. The van der Waals surface area contributed by atoms with E-state index in [0.29, 0.717) is 28.2 Å². The van der Waals surface area contributed by atoms with E-state index in [1.807, 2.05) is 0 Å². The highest BCUT2D eigenvalue weighted by molar-refractivity contribution is 7.99. The largest absolute Gasteiger partial charge is 0.493 e. The number of fused-ring (bicyclic) bond motifs is 1. The maximum Gasteiger partial charge on any atom is 0.321 e. The highest BCUT2D eigenvalue weighted by atomic mass is 32.2. The summed E-state index contributed by atoms with van der Waals surface area (Å²) in [5.74, 6) is 0.600. The van der Waals surface area contributed by atoms with Crippen LogP contribution in [0.4, 0.5) is 14.5 Å². The summed E-state index contributed by atoms with van der Waals surface area (Å²) in [7, 11) is 3.01.